The van der Waals surface area contributed by atoms with Gasteiger partial charge in [0.05, 0.1) is 30.7 Å². The Labute approximate surface area is 242 Å². The van der Waals surface area contributed by atoms with Crippen molar-refractivity contribution in [1.82, 2.24) is 19.4 Å². The van der Waals surface area contributed by atoms with Crippen molar-refractivity contribution in [2.24, 2.45) is 0 Å². The Morgan fingerprint density at radius 2 is 1.73 bits per heavy atom. The molecule has 3 fully saturated rings. The van der Waals surface area contributed by atoms with E-state index in [0.717, 1.165) is 42.7 Å². The van der Waals surface area contributed by atoms with Gasteiger partial charge in [-0.3, -0.25) is 4.79 Å². The molecule has 8 heteroatoms. The first-order chi connectivity index (χ1) is 19.7. The molecule has 8 nitrogen and oxygen atoms in total. The van der Waals surface area contributed by atoms with E-state index in [4.69, 9.17) is 14.5 Å². The summed E-state index contributed by atoms with van der Waals surface area (Å²) in [6.07, 6.45) is 6.49. The highest BCUT2D eigenvalue weighted by Crippen LogP contribution is 2.50. The van der Waals surface area contributed by atoms with Crippen LogP contribution in [0, 0.1) is 0 Å². The van der Waals surface area contributed by atoms with Gasteiger partial charge in [-0.05, 0) is 45.6 Å². The van der Waals surface area contributed by atoms with Gasteiger partial charge in [0.15, 0.2) is 5.69 Å². The zero-order chi connectivity index (χ0) is 28.6. The van der Waals surface area contributed by atoms with Crippen LogP contribution < -0.4 is 0 Å². The third kappa shape index (κ3) is 5.75. The number of epoxide rings is 1. The van der Waals surface area contributed by atoms with Crippen molar-refractivity contribution < 1.29 is 19.1 Å². The summed E-state index contributed by atoms with van der Waals surface area (Å²) in [7, 11) is 0. The first kappa shape index (κ1) is 27.5. The lowest BCUT2D eigenvalue weighted by molar-refractivity contribution is 0.00429. The summed E-state index contributed by atoms with van der Waals surface area (Å²) in [5, 5.41) is 0. The molecule has 0 N–H and O–H groups in total. The minimum absolute atomic E-state index is 0.103. The predicted octanol–water partition coefficient (Wildman–Crippen LogP) is 5.74. The number of amides is 2. The van der Waals surface area contributed by atoms with E-state index >= 15 is 0 Å². The van der Waals surface area contributed by atoms with E-state index in [2.05, 4.69) is 28.8 Å². The summed E-state index contributed by atoms with van der Waals surface area (Å²) in [6.45, 7) is 7.60. The van der Waals surface area contributed by atoms with Crippen LogP contribution in [0.4, 0.5) is 4.79 Å². The SMILES string of the molecule is CC(C)(C)OC(=O)N1CCN(C(=O)c2ncn([C@H]3CCCCC34CO4)c2-c2ccccc2)[C@H](Cc2ccccc2)C1. The summed E-state index contributed by atoms with van der Waals surface area (Å²) in [5.41, 5.74) is 2.68. The molecular weight excluding hydrogens is 516 g/mol. The van der Waals surface area contributed by atoms with Crippen molar-refractivity contribution in [2.45, 2.75) is 76.2 Å². The molecule has 3 atom stereocenters. The van der Waals surface area contributed by atoms with E-state index in [1.165, 1.54) is 6.42 Å². The van der Waals surface area contributed by atoms with E-state index in [9.17, 15) is 9.59 Å². The van der Waals surface area contributed by atoms with Crippen LogP contribution in [0.15, 0.2) is 67.0 Å². The number of rotatable bonds is 5. The Morgan fingerprint density at radius 1 is 1.02 bits per heavy atom. The topological polar surface area (TPSA) is 80.2 Å². The Balaban J connectivity index is 1.34. The van der Waals surface area contributed by atoms with Crippen LogP contribution >= 0.6 is 0 Å². The summed E-state index contributed by atoms with van der Waals surface area (Å²) in [4.78, 5) is 35.9. The van der Waals surface area contributed by atoms with E-state index in [1.54, 1.807) is 4.90 Å². The second-order valence-corrected chi connectivity index (χ2v) is 12.6. The molecule has 1 spiro atoms. The molecule has 0 bridgehead atoms. The number of hydrogen-bond acceptors (Lipinski definition) is 5. The van der Waals surface area contributed by atoms with Crippen molar-refractivity contribution in [1.29, 1.82) is 0 Å². The van der Waals surface area contributed by atoms with Crippen LogP contribution in [0.3, 0.4) is 0 Å². The van der Waals surface area contributed by atoms with Crippen molar-refractivity contribution in [3.8, 4) is 11.3 Å². The van der Waals surface area contributed by atoms with Crippen LogP contribution in [-0.4, -0.2) is 74.8 Å². The Kier molecular flexibility index (Phi) is 7.36. The number of carbonyl (C=O) groups excluding carboxylic acids is 2. The fourth-order valence-corrected chi connectivity index (χ4v) is 6.46. The Morgan fingerprint density at radius 3 is 2.41 bits per heavy atom. The molecule has 1 saturated carbocycles. The van der Waals surface area contributed by atoms with Crippen molar-refractivity contribution in [2.75, 3.05) is 26.2 Å². The molecule has 1 aromatic heterocycles. The number of imidazole rings is 1. The first-order valence-corrected chi connectivity index (χ1v) is 14.8. The molecule has 3 aliphatic rings. The summed E-state index contributed by atoms with van der Waals surface area (Å²) in [6, 6.07) is 20.2. The summed E-state index contributed by atoms with van der Waals surface area (Å²) < 4.78 is 13.9. The van der Waals surface area contributed by atoms with Crippen molar-refractivity contribution in [3.05, 3.63) is 78.2 Å². The monoisotopic (exact) mass is 556 g/mol. The quantitative estimate of drug-likeness (QED) is 0.375. The fraction of sp³-hybridized carbons (Fsp3) is 0.485. The number of piperazine rings is 1. The van der Waals surface area contributed by atoms with Crippen LogP contribution in [0.5, 0.6) is 0 Å². The van der Waals surface area contributed by atoms with Gasteiger partial charge in [-0.25, -0.2) is 9.78 Å². The molecule has 41 heavy (non-hydrogen) atoms. The highest BCUT2D eigenvalue weighted by atomic mass is 16.6. The van der Waals surface area contributed by atoms with Gasteiger partial charge in [0.2, 0.25) is 0 Å². The number of hydrogen-bond donors (Lipinski definition) is 0. The molecule has 3 heterocycles. The number of benzene rings is 2. The standard InChI is InChI=1S/C33H40N4O4/c1-32(2,3)41-31(39)35-18-19-36(26(21-35)20-24-12-6-4-7-13-24)30(38)28-29(25-14-8-5-9-15-25)37(23-34-28)27-16-10-11-17-33(27)22-40-33/h4-9,12-15,23,26-27H,10-11,16-22H2,1-3H3/t26-,27+,33?/m1/s1. The van der Waals surface area contributed by atoms with E-state index in [-0.39, 0.29) is 29.7 Å². The number of ether oxygens (including phenoxy) is 2. The average molecular weight is 557 g/mol. The van der Waals surface area contributed by atoms with Crippen LogP contribution in [0.1, 0.15) is 68.5 Å². The molecule has 2 amide bonds. The highest BCUT2D eigenvalue weighted by Gasteiger charge is 2.54. The van der Waals surface area contributed by atoms with E-state index in [1.807, 2.05) is 68.4 Å². The summed E-state index contributed by atoms with van der Waals surface area (Å²) in [5.74, 6) is -0.103. The zero-order valence-electron chi connectivity index (χ0n) is 24.3. The molecule has 1 aliphatic carbocycles. The van der Waals surface area contributed by atoms with Gasteiger partial charge in [-0.1, -0.05) is 73.5 Å². The van der Waals surface area contributed by atoms with Gasteiger partial charge in [0.25, 0.3) is 5.91 Å². The first-order valence-electron chi connectivity index (χ1n) is 14.8. The lowest BCUT2D eigenvalue weighted by Gasteiger charge is -2.41. The van der Waals surface area contributed by atoms with Crippen LogP contribution in [0.2, 0.25) is 0 Å². The predicted molar refractivity (Wildman–Crippen MR) is 157 cm³/mol. The highest BCUT2D eigenvalue weighted by molar-refractivity contribution is 5.98. The molecular formula is C33H40N4O4. The van der Waals surface area contributed by atoms with E-state index in [0.29, 0.717) is 31.7 Å². The largest absolute Gasteiger partial charge is 0.444 e. The van der Waals surface area contributed by atoms with Gasteiger partial charge in [-0.2, -0.15) is 0 Å². The molecule has 216 valence electrons. The van der Waals surface area contributed by atoms with Crippen molar-refractivity contribution in [3.63, 3.8) is 0 Å². The normalized spacial score (nSPS) is 24.4. The molecule has 2 saturated heterocycles. The molecule has 2 aliphatic heterocycles. The zero-order valence-corrected chi connectivity index (χ0v) is 24.3. The minimum atomic E-state index is -0.585. The second kappa shape index (κ2) is 11.0. The third-order valence-electron chi connectivity index (χ3n) is 8.54. The molecule has 1 unspecified atom stereocenters. The van der Waals surface area contributed by atoms with Crippen LogP contribution in [0.25, 0.3) is 11.3 Å². The molecule has 2 aromatic carbocycles. The number of aromatic nitrogens is 2. The summed E-state index contributed by atoms with van der Waals surface area (Å²) >= 11 is 0. The van der Waals surface area contributed by atoms with Gasteiger partial charge >= 0.3 is 6.09 Å². The lowest BCUT2D eigenvalue weighted by Crippen LogP contribution is -2.58. The Bertz CT molecular complexity index is 1380. The maximum absolute atomic E-state index is 14.5. The van der Waals surface area contributed by atoms with Gasteiger partial charge in [0, 0.05) is 25.2 Å². The maximum atomic E-state index is 14.5. The Hall–Kier alpha value is -3.65. The molecule has 6 rings (SSSR count). The molecule has 3 aromatic rings. The minimum Gasteiger partial charge on any atom is -0.444 e. The third-order valence-corrected chi connectivity index (χ3v) is 8.54. The molecule has 0 radical (unpaired) electrons. The van der Waals surface area contributed by atoms with Gasteiger partial charge < -0.3 is 23.8 Å². The lowest BCUT2D eigenvalue weighted by atomic mass is 9.84. The second-order valence-electron chi connectivity index (χ2n) is 12.6. The van der Waals surface area contributed by atoms with E-state index < -0.39 is 5.60 Å². The number of nitrogens with zero attached hydrogens (tertiary/aromatic N) is 4. The average Bonchev–Trinajstić information content (AvgIpc) is 3.58. The van der Waals surface area contributed by atoms with Gasteiger partial charge in [0.1, 0.15) is 11.2 Å². The van der Waals surface area contributed by atoms with Crippen LogP contribution in [-0.2, 0) is 15.9 Å². The smallest absolute Gasteiger partial charge is 0.410 e. The van der Waals surface area contributed by atoms with Crippen molar-refractivity contribution >= 4 is 12.0 Å². The number of carbonyl (C=O) groups is 2. The fourth-order valence-electron chi connectivity index (χ4n) is 6.46. The van der Waals surface area contributed by atoms with Gasteiger partial charge in [-0.15, -0.1) is 0 Å². The maximum Gasteiger partial charge on any atom is 0.410 e.